The average molecular weight is 419 g/mol. The maximum absolute atomic E-state index is 5.07. The Morgan fingerprint density at radius 3 is 2.82 bits per heavy atom. The van der Waals surface area contributed by atoms with Gasteiger partial charge in [-0.1, -0.05) is 5.16 Å². The zero-order chi connectivity index (χ0) is 15.1. The first-order valence-corrected chi connectivity index (χ1v) is 6.97. The molecule has 0 unspecified atom stereocenters. The topological polar surface area (TPSA) is 93.2 Å². The highest BCUT2D eigenvalue weighted by atomic mass is 127. The Balaban J connectivity index is 0.00000242. The molecule has 0 fully saturated rings. The molecule has 0 aliphatic rings. The number of aromatic nitrogens is 4. The van der Waals surface area contributed by atoms with Gasteiger partial charge in [-0.25, -0.2) is 4.99 Å². The van der Waals surface area contributed by atoms with E-state index in [-0.39, 0.29) is 24.0 Å². The van der Waals surface area contributed by atoms with Gasteiger partial charge in [-0.05, 0) is 19.9 Å². The summed E-state index contributed by atoms with van der Waals surface area (Å²) in [6, 6.07) is 1.95. The number of halogens is 1. The van der Waals surface area contributed by atoms with Crippen molar-refractivity contribution in [1.29, 1.82) is 0 Å². The van der Waals surface area contributed by atoms with Gasteiger partial charge in [-0.15, -0.1) is 24.0 Å². The van der Waals surface area contributed by atoms with Crippen LogP contribution in [0.1, 0.15) is 24.3 Å². The van der Waals surface area contributed by atoms with E-state index in [0.29, 0.717) is 31.2 Å². The molecular formula is C13H22IN7O. The van der Waals surface area contributed by atoms with Gasteiger partial charge in [-0.2, -0.15) is 10.1 Å². The van der Waals surface area contributed by atoms with E-state index in [1.165, 1.54) is 0 Å². The minimum absolute atomic E-state index is 0. The third-order valence-corrected chi connectivity index (χ3v) is 2.87. The summed E-state index contributed by atoms with van der Waals surface area (Å²) in [6.07, 6.45) is 2.43. The summed E-state index contributed by atoms with van der Waals surface area (Å²) in [6.45, 7) is 5.89. The van der Waals surface area contributed by atoms with Crippen LogP contribution < -0.4 is 10.6 Å². The van der Waals surface area contributed by atoms with Crippen LogP contribution in [0.4, 0.5) is 0 Å². The Morgan fingerprint density at radius 2 is 2.23 bits per heavy atom. The van der Waals surface area contributed by atoms with Crippen LogP contribution in [-0.4, -0.2) is 39.0 Å². The van der Waals surface area contributed by atoms with Gasteiger partial charge in [0.1, 0.15) is 0 Å². The molecule has 22 heavy (non-hydrogen) atoms. The fourth-order valence-electron chi connectivity index (χ4n) is 1.79. The predicted molar refractivity (Wildman–Crippen MR) is 94.2 cm³/mol. The first kappa shape index (κ1) is 18.4. The molecule has 0 aromatic carbocycles. The molecule has 0 bridgehead atoms. The Hall–Kier alpha value is -1.65. The van der Waals surface area contributed by atoms with E-state index >= 15 is 0 Å². The van der Waals surface area contributed by atoms with Crippen LogP contribution in [0.2, 0.25) is 0 Å². The first-order chi connectivity index (χ1) is 10.2. The fourth-order valence-corrected chi connectivity index (χ4v) is 1.79. The molecule has 0 amide bonds. The summed E-state index contributed by atoms with van der Waals surface area (Å²) >= 11 is 0. The maximum Gasteiger partial charge on any atom is 0.228 e. The molecule has 2 rings (SSSR count). The van der Waals surface area contributed by atoms with Crippen LogP contribution in [0.25, 0.3) is 0 Å². The lowest BCUT2D eigenvalue weighted by atomic mass is 10.4. The Morgan fingerprint density at radius 1 is 1.41 bits per heavy atom. The minimum Gasteiger partial charge on any atom is -0.357 e. The molecule has 0 radical (unpaired) electrons. The summed E-state index contributed by atoms with van der Waals surface area (Å²) in [5.74, 6) is 2.04. The third kappa shape index (κ3) is 5.62. The number of rotatable bonds is 6. The molecule has 2 aromatic rings. The molecule has 2 aromatic heterocycles. The van der Waals surface area contributed by atoms with Crippen LogP contribution >= 0.6 is 24.0 Å². The first-order valence-electron chi connectivity index (χ1n) is 6.97. The highest BCUT2D eigenvalue weighted by Crippen LogP contribution is 1.98. The van der Waals surface area contributed by atoms with Gasteiger partial charge in [0, 0.05) is 32.8 Å². The van der Waals surface area contributed by atoms with Crippen LogP contribution in [0, 0.1) is 6.92 Å². The lowest BCUT2D eigenvalue weighted by Crippen LogP contribution is -2.38. The number of hydrogen-bond acceptors (Lipinski definition) is 5. The van der Waals surface area contributed by atoms with Crippen molar-refractivity contribution in [2.75, 3.05) is 13.1 Å². The summed E-state index contributed by atoms with van der Waals surface area (Å²) in [7, 11) is 1.91. The van der Waals surface area contributed by atoms with Gasteiger partial charge >= 0.3 is 0 Å². The number of guanidine groups is 1. The van der Waals surface area contributed by atoms with Gasteiger partial charge in [-0.3, -0.25) is 4.68 Å². The van der Waals surface area contributed by atoms with E-state index in [9.17, 15) is 0 Å². The lowest BCUT2D eigenvalue weighted by molar-refractivity contribution is 0.374. The molecule has 9 heteroatoms. The Bertz CT molecular complexity index is 593. The molecule has 8 nitrogen and oxygen atoms in total. The number of hydrogen-bond donors (Lipinski definition) is 2. The van der Waals surface area contributed by atoms with Crippen LogP contribution in [0.5, 0.6) is 0 Å². The van der Waals surface area contributed by atoms with Crippen LogP contribution in [0.3, 0.4) is 0 Å². The van der Waals surface area contributed by atoms with Gasteiger partial charge in [0.2, 0.25) is 5.89 Å². The Labute approximate surface area is 146 Å². The second kappa shape index (κ2) is 9.38. The Kier molecular flexibility index (Phi) is 7.85. The molecule has 122 valence electrons. The van der Waals surface area contributed by atoms with Crippen LogP contribution in [0.15, 0.2) is 21.8 Å². The normalized spacial score (nSPS) is 11.1. The van der Waals surface area contributed by atoms with Crippen molar-refractivity contribution in [3.05, 3.63) is 29.7 Å². The molecule has 0 atom stereocenters. The highest BCUT2D eigenvalue weighted by Gasteiger charge is 2.04. The molecule has 0 aliphatic heterocycles. The molecule has 2 heterocycles. The average Bonchev–Trinajstić information content (AvgIpc) is 3.05. The van der Waals surface area contributed by atoms with E-state index in [0.717, 1.165) is 18.2 Å². The quantitative estimate of drug-likeness (QED) is 0.413. The summed E-state index contributed by atoms with van der Waals surface area (Å²) in [5.41, 5.74) is 1.06. The van der Waals surface area contributed by atoms with Gasteiger partial charge < -0.3 is 15.2 Å². The molecule has 0 saturated carbocycles. The molecule has 0 spiro atoms. The fraction of sp³-hybridized carbons (Fsp3) is 0.538. The third-order valence-electron chi connectivity index (χ3n) is 2.87. The van der Waals surface area contributed by atoms with Crippen LogP contribution in [-0.2, 0) is 20.0 Å². The molecular weight excluding hydrogens is 397 g/mol. The maximum atomic E-state index is 5.07. The van der Waals surface area contributed by atoms with Crippen molar-refractivity contribution < 1.29 is 4.52 Å². The van der Waals surface area contributed by atoms with Crippen molar-refractivity contribution in [2.45, 2.75) is 26.8 Å². The number of nitrogens with zero attached hydrogens (tertiary/aromatic N) is 5. The minimum atomic E-state index is 0. The zero-order valence-electron chi connectivity index (χ0n) is 13.0. The van der Waals surface area contributed by atoms with Gasteiger partial charge in [0.05, 0.1) is 12.2 Å². The second-order valence-electron chi connectivity index (χ2n) is 4.55. The summed E-state index contributed by atoms with van der Waals surface area (Å²) < 4.78 is 6.88. The lowest BCUT2D eigenvalue weighted by Gasteiger charge is -2.10. The van der Waals surface area contributed by atoms with E-state index in [4.69, 9.17) is 4.52 Å². The summed E-state index contributed by atoms with van der Waals surface area (Å²) in [4.78, 5) is 8.68. The van der Waals surface area contributed by atoms with E-state index in [2.05, 4.69) is 30.9 Å². The number of aliphatic imine (C=N–C) groups is 1. The zero-order valence-corrected chi connectivity index (χ0v) is 15.4. The summed E-state index contributed by atoms with van der Waals surface area (Å²) in [5, 5.41) is 14.3. The predicted octanol–water partition coefficient (Wildman–Crippen LogP) is 1.03. The monoisotopic (exact) mass is 419 g/mol. The molecule has 2 N–H and O–H groups in total. The molecule has 0 aliphatic carbocycles. The molecule has 0 saturated heterocycles. The van der Waals surface area contributed by atoms with E-state index in [1.807, 2.05) is 24.7 Å². The smallest absolute Gasteiger partial charge is 0.228 e. The van der Waals surface area contributed by atoms with Gasteiger partial charge in [0.25, 0.3) is 0 Å². The largest absolute Gasteiger partial charge is 0.357 e. The number of aryl methyl sites for hydroxylation is 2. The van der Waals surface area contributed by atoms with E-state index in [1.54, 1.807) is 13.1 Å². The van der Waals surface area contributed by atoms with Crippen molar-refractivity contribution in [1.82, 2.24) is 30.6 Å². The van der Waals surface area contributed by atoms with Crippen molar-refractivity contribution in [2.24, 2.45) is 12.0 Å². The standard InChI is InChI=1S/C13H21N7O.HI/c1-4-14-13(16-9-11-5-8-17-20(11)3)15-7-6-12-18-10(2)19-21-12;/h5,8H,4,6-7,9H2,1-3H3,(H2,14,15,16);1H. The van der Waals surface area contributed by atoms with Crippen molar-refractivity contribution in [3.8, 4) is 0 Å². The highest BCUT2D eigenvalue weighted by molar-refractivity contribution is 14.0. The van der Waals surface area contributed by atoms with E-state index < -0.39 is 0 Å². The second-order valence-corrected chi connectivity index (χ2v) is 4.55. The van der Waals surface area contributed by atoms with Gasteiger partial charge in [0.15, 0.2) is 11.8 Å². The van der Waals surface area contributed by atoms with Crippen molar-refractivity contribution in [3.63, 3.8) is 0 Å². The SMILES string of the molecule is CCNC(=NCc1ccnn1C)NCCc1nc(C)no1.I. The van der Waals surface area contributed by atoms with Crippen molar-refractivity contribution >= 4 is 29.9 Å². The number of nitrogens with one attached hydrogen (secondary N) is 2.